The molecule has 3 aromatic rings. The molecule has 35 heavy (non-hydrogen) atoms. The van der Waals surface area contributed by atoms with Crippen LogP contribution in [0.25, 0.3) is 22.4 Å². The first kappa shape index (κ1) is 27.9. The summed E-state index contributed by atoms with van der Waals surface area (Å²) >= 11 is -0.425. The summed E-state index contributed by atoms with van der Waals surface area (Å²) in [5, 5.41) is 3.20. The van der Waals surface area contributed by atoms with E-state index in [1.54, 1.807) is 13.1 Å². The molecule has 0 fully saturated rings. The lowest BCUT2D eigenvalue weighted by molar-refractivity contribution is 0.0964. The van der Waals surface area contributed by atoms with E-state index in [0.717, 1.165) is 17.5 Å². The van der Waals surface area contributed by atoms with Gasteiger partial charge in [-0.1, -0.05) is 31.2 Å². The van der Waals surface area contributed by atoms with Gasteiger partial charge in [0.25, 0.3) is 5.91 Å². The van der Waals surface area contributed by atoms with Crippen LogP contribution in [0, 0.1) is 3.57 Å². The number of carbonyl (C=O) groups excluding carboxylic acids is 1. The minimum absolute atomic E-state index is 0.0176. The van der Waals surface area contributed by atoms with Crippen LogP contribution in [0.4, 0.5) is 0 Å². The van der Waals surface area contributed by atoms with E-state index in [2.05, 4.69) is 39.8 Å². The van der Waals surface area contributed by atoms with Crippen LogP contribution < -0.4 is 5.32 Å². The van der Waals surface area contributed by atoms with E-state index in [1.165, 1.54) is 11.0 Å². The number of nitrogens with zero attached hydrogens (tertiary/aromatic N) is 2. The van der Waals surface area contributed by atoms with Gasteiger partial charge in [-0.3, -0.25) is 13.6 Å². The normalized spacial score (nSPS) is 14.3. The van der Waals surface area contributed by atoms with Crippen LogP contribution in [0.2, 0.25) is 0 Å². The zero-order valence-electron chi connectivity index (χ0n) is 19.7. The molecule has 0 spiro atoms. The van der Waals surface area contributed by atoms with Gasteiger partial charge in [0.1, 0.15) is 5.76 Å². The Morgan fingerprint density at radius 2 is 2.00 bits per heavy atom. The molecule has 2 aromatic heterocycles. The number of nitrogens with one attached hydrogen (secondary N) is 1. The molecule has 0 saturated carbocycles. The summed E-state index contributed by atoms with van der Waals surface area (Å²) in [4.78, 5) is 26.7. The zero-order valence-corrected chi connectivity index (χ0v) is 23.6. The summed E-state index contributed by atoms with van der Waals surface area (Å²) in [6, 6.07) is 9.54. The average molecular weight is 632 g/mol. The van der Waals surface area contributed by atoms with Crippen LogP contribution in [-0.2, 0) is 28.8 Å². The predicted octanol–water partition coefficient (Wildman–Crippen LogP) is 4.30. The molecule has 1 amide bonds. The molecule has 0 saturated heterocycles. The number of fused-ring (bicyclic) bond motifs is 1. The number of unbranched alkanes of at least 4 members (excludes halogenated alkanes) is 1. The molecule has 0 bridgehead atoms. The van der Waals surface area contributed by atoms with Gasteiger partial charge in [-0.15, -0.1) is 0 Å². The lowest BCUT2D eigenvalue weighted by Gasteiger charge is -2.24. The first-order chi connectivity index (χ1) is 16.5. The van der Waals surface area contributed by atoms with Crippen LogP contribution in [0.15, 0.2) is 34.7 Å². The number of benzene rings is 1. The smallest absolute Gasteiger partial charge is 0.255 e. The zero-order chi connectivity index (χ0) is 25.8. The lowest BCUT2D eigenvalue weighted by atomic mass is 10.0. The molecular weight excluding hydrogens is 604 g/mol. The second-order valence-electron chi connectivity index (χ2n) is 8.27. The number of pyridine rings is 1. The molecule has 0 aliphatic heterocycles. The van der Waals surface area contributed by atoms with Crippen LogP contribution in [0.3, 0.4) is 0 Å². The van der Waals surface area contributed by atoms with E-state index < -0.39 is 18.6 Å². The van der Waals surface area contributed by atoms with Gasteiger partial charge in [0.15, 0.2) is 7.37 Å². The van der Waals surface area contributed by atoms with Gasteiger partial charge in [-0.25, -0.2) is 9.29 Å². The van der Waals surface area contributed by atoms with Crippen LogP contribution in [-0.4, -0.2) is 55.3 Å². The summed E-state index contributed by atoms with van der Waals surface area (Å²) < 4.78 is 43.0. The summed E-state index contributed by atoms with van der Waals surface area (Å²) in [5.41, 5.74) is 3.02. The van der Waals surface area contributed by atoms with Crippen molar-refractivity contribution in [2.75, 3.05) is 26.4 Å². The molecule has 0 aliphatic rings. The Morgan fingerprint density at radius 1 is 1.31 bits per heavy atom. The van der Waals surface area contributed by atoms with Crippen molar-refractivity contribution in [2.24, 2.45) is 0 Å². The molecule has 2 N–H and O–H groups in total. The van der Waals surface area contributed by atoms with Gasteiger partial charge in [-0.05, 0) is 53.5 Å². The molecule has 2 heterocycles. The second-order valence-corrected chi connectivity index (χ2v) is 12.9. The Bertz CT molecular complexity index is 1270. The standard InChI is InChI=1S/C23H29IN3O6PS/c1-4-15-7-9-16(10-8-15)21-20(22(28)25-2)17-13-18(24)19(26-23(17)33-21)14-27(35(31)32)11-5-6-12-34(3,29)30/h7-10,13H,4-6,11-12,14H2,1-3H3,(H,25,28)(H,29,30)(H,31,32)/p-1. The monoisotopic (exact) mass is 632 g/mol. The molecule has 3 rings (SSSR count). The van der Waals surface area contributed by atoms with E-state index in [1.807, 2.05) is 24.3 Å². The minimum atomic E-state index is -3.13. The van der Waals surface area contributed by atoms with E-state index in [0.29, 0.717) is 38.8 Å². The van der Waals surface area contributed by atoms with Crippen molar-refractivity contribution in [1.82, 2.24) is 14.6 Å². The van der Waals surface area contributed by atoms with Gasteiger partial charge in [0.2, 0.25) is 5.71 Å². The Hall–Kier alpha value is -1.63. The molecule has 1 aromatic carbocycles. The molecule has 2 unspecified atom stereocenters. The number of furan rings is 1. The van der Waals surface area contributed by atoms with Gasteiger partial charge < -0.3 is 19.2 Å². The summed E-state index contributed by atoms with van der Waals surface area (Å²) in [6.07, 6.45) is 1.92. The third-order valence-electron chi connectivity index (χ3n) is 5.55. The Labute approximate surface area is 220 Å². The first-order valence-corrected chi connectivity index (χ1v) is 15.5. The van der Waals surface area contributed by atoms with Crippen molar-refractivity contribution in [3.8, 4) is 11.3 Å². The maximum Gasteiger partial charge on any atom is 0.255 e. The van der Waals surface area contributed by atoms with Crippen LogP contribution in [0.1, 0.15) is 41.4 Å². The molecule has 190 valence electrons. The molecule has 2 atom stereocenters. The maximum atomic E-state index is 12.8. The van der Waals surface area contributed by atoms with Gasteiger partial charge in [0, 0.05) is 46.8 Å². The molecule has 0 aliphatic carbocycles. The third-order valence-corrected chi connectivity index (χ3v) is 8.37. The van der Waals surface area contributed by atoms with Crippen molar-refractivity contribution in [3.63, 3.8) is 0 Å². The van der Waals surface area contributed by atoms with E-state index in [4.69, 9.17) is 4.42 Å². The van der Waals surface area contributed by atoms with Crippen LogP contribution >= 0.6 is 30.0 Å². The van der Waals surface area contributed by atoms with Gasteiger partial charge in [-0.2, -0.15) is 0 Å². The average Bonchev–Trinajstić information content (AvgIpc) is 3.17. The Balaban J connectivity index is 1.94. The largest absolute Gasteiger partial charge is 0.760 e. The number of hydrogen-bond acceptors (Lipinski definition) is 6. The van der Waals surface area contributed by atoms with Gasteiger partial charge >= 0.3 is 0 Å². The highest BCUT2D eigenvalue weighted by Crippen LogP contribution is 2.36. The van der Waals surface area contributed by atoms with Crippen LogP contribution in [0.5, 0.6) is 0 Å². The fourth-order valence-corrected chi connectivity index (χ4v) is 5.58. The predicted molar refractivity (Wildman–Crippen MR) is 144 cm³/mol. The van der Waals surface area contributed by atoms with Crippen molar-refractivity contribution < 1.29 is 27.4 Å². The topological polar surface area (TPSA) is 136 Å². The van der Waals surface area contributed by atoms with E-state index >= 15 is 0 Å². The highest BCUT2D eigenvalue weighted by atomic mass is 127. The highest BCUT2D eigenvalue weighted by Gasteiger charge is 2.24. The summed E-state index contributed by atoms with van der Waals surface area (Å²) in [6.45, 7) is 3.57. The van der Waals surface area contributed by atoms with E-state index in [9.17, 15) is 23.0 Å². The van der Waals surface area contributed by atoms with Gasteiger partial charge in [0.05, 0.1) is 23.2 Å². The lowest BCUT2D eigenvalue weighted by Crippen LogP contribution is -2.27. The Morgan fingerprint density at radius 3 is 2.57 bits per heavy atom. The number of amides is 1. The third kappa shape index (κ3) is 7.21. The highest BCUT2D eigenvalue weighted by molar-refractivity contribution is 14.1. The molecule has 12 heteroatoms. The van der Waals surface area contributed by atoms with E-state index in [-0.39, 0.29) is 30.9 Å². The number of rotatable bonds is 11. The fraction of sp³-hybridized carbons (Fsp3) is 0.391. The number of aromatic nitrogens is 1. The number of carbonyl (C=O) groups is 1. The SMILES string of the molecule is CCc1ccc(-c2oc3nc(CN(CCCCP(C)(=O)O)S(=O)[O-])c(I)cc3c2C(=O)NC)cc1. The Kier molecular flexibility index (Phi) is 9.64. The number of hydrogen-bond donors (Lipinski definition) is 2. The first-order valence-electron chi connectivity index (χ1n) is 11.1. The minimum Gasteiger partial charge on any atom is -0.760 e. The molecule has 0 radical (unpaired) electrons. The molecular formula is C23H28IN3O6PS-. The summed E-state index contributed by atoms with van der Waals surface area (Å²) in [5.74, 6) is 0.0998. The number of aryl methyl sites for hydroxylation is 1. The van der Waals surface area contributed by atoms with Crippen molar-refractivity contribution in [2.45, 2.75) is 32.7 Å². The quantitative estimate of drug-likeness (QED) is 0.139. The fourth-order valence-electron chi connectivity index (χ4n) is 3.66. The van der Waals surface area contributed by atoms with Crippen molar-refractivity contribution in [3.05, 3.63) is 50.7 Å². The maximum absolute atomic E-state index is 12.8. The second kappa shape index (κ2) is 12.1. The summed E-state index contributed by atoms with van der Waals surface area (Å²) in [7, 11) is -1.58. The van der Waals surface area contributed by atoms with Crippen molar-refractivity contribution in [1.29, 1.82) is 0 Å². The molecule has 9 nitrogen and oxygen atoms in total. The number of halogens is 1. The van der Waals surface area contributed by atoms with Crippen molar-refractivity contribution >= 4 is 58.2 Å².